The van der Waals surface area contributed by atoms with Gasteiger partial charge in [0.15, 0.2) is 6.10 Å². The Kier molecular flexibility index (Phi) is 6.14. The van der Waals surface area contributed by atoms with E-state index in [4.69, 9.17) is 4.74 Å². The molecule has 16 heavy (non-hydrogen) atoms. The molecule has 0 bridgehead atoms. The van der Waals surface area contributed by atoms with Crippen LogP contribution in [0.25, 0.3) is 0 Å². The number of hydrogen-bond donors (Lipinski definition) is 1. The first-order chi connectivity index (χ1) is 7.32. The minimum atomic E-state index is -0.845. The van der Waals surface area contributed by atoms with Crippen LogP contribution in [0, 0.1) is 0 Å². The average Bonchev–Trinajstić information content (AvgIpc) is 2.11. The lowest BCUT2D eigenvalue weighted by Gasteiger charge is -2.15. The van der Waals surface area contributed by atoms with Gasteiger partial charge in [-0.25, -0.2) is 0 Å². The van der Waals surface area contributed by atoms with Crippen LogP contribution in [0.3, 0.4) is 0 Å². The molecule has 1 amide bonds. The molecule has 0 rings (SSSR count). The third kappa shape index (κ3) is 6.80. The van der Waals surface area contributed by atoms with Gasteiger partial charge < -0.3 is 14.8 Å². The Balaban J connectivity index is 3.88. The minimum Gasteiger partial charge on any atom is -0.461 e. The Labute approximate surface area is 94.3 Å². The number of amides is 1. The van der Waals surface area contributed by atoms with Crippen LogP contribution in [-0.2, 0) is 23.9 Å². The summed E-state index contributed by atoms with van der Waals surface area (Å²) in [4.78, 5) is 32.5. The number of carbonyl (C=O) groups is 3. The highest BCUT2D eigenvalue weighted by atomic mass is 16.5. The van der Waals surface area contributed by atoms with E-state index in [9.17, 15) is 14.4 Å². The van der Waals surface area contributed by atoms with E-state index < -0.39 is 30.1 Å². The van der Waals surface area contributed by atoms with Crippen molar-refractivity contribution in [3.63, 3.8) is 0 Å². The number of nitrogens with one attached hydrogen (secondary N) is 1. The van der Waals surface area contributed by atoms with Crippen molar-refractivity contribution in [3.8, 4) is 0 Å². The summed E-state index contributed by atoms with van der Waals surface area (Å²) < 4.78 is 9.47. The number of esters is 2. The van der Waals surface area contributed by atoms with Gasteiger partial charge in [0.05, 0.1) is 6.54 Å². The summed E-state index contributed by atoms with van der Waals surface area (Å²) in [6.07, 6.45) is -1.26. The van der Waals surface area contributed by atoms with Crippen molar-refractivity contribution in [1.29, 1.82) is 0 Å². The molecule has 6 heteroatoms. The first-order valence-electron chi connectivity index (χ1n) is 4.95. The number of rotatable bonds is 5. The quantitative estimate of drug-likeness (QED) is 0.674. The molecule has 0 aliphatic rings. The molecule has 0 aliphatic heterocycles. The zero-order valence-corrected chi connectivity index (χ0v) is 9.90. The minimum absolute atomic E-state index is 0.185. The maximum Gasteiger partial charge on any atom is 0.303 e. The maximum absolute atomic E-state index is 11.3. The van der Waals surface area contributed by atoms with Gasteiger partial charge in [-0.05, 0) is 13.8 Å². The van der Waals surface area contributed by atoms with Crippen molar-refractivity contribution in [2.75, 3.05) is 6.54 Å². The molecule has 0 fully saturated rings. The van der Waals surface area contributed by atoms with Crippen LogP contribution in [0.1, 0.15) is 27.7 Å². The molecule has 0 aliphatic carbocycles. The van der Waals surface area contributed by atoms with Crippen molar-refractivity contribution in [2.45, 2.75) is 39.9 Å². The number of ether oxygens (including phenoxy) is 2. The van der Waals surface area contributed by atoms with E-state index in [2.05, 4.69) is 10.1 Å². The second kappa shape index (κ2) is 6.81. The molecule has 6 nitrogen and oxygen atoms in total. The lowest BCUT2D eigenvalue weighted by molar-refractivity contribution is -0.153. The fraction of sp³-hybridized carbons (Fsp3) is 0.700. The highest BCUT2D eigenvalue weighted by Gasteiger charge is 2.16. The summed E-state index contributed by atoms with van der Waals surface area (Å²) in [5, 5.41) is 2.50. The zero-order chi connectivity index (χ0) is 12.7. The molecule has 0 aromatic carbocycles. The van der Waals surface area contributed by atoms with Gasteiger partial charge in [-0.3, -0.25) is 14.4 Å². The smallest absolute Gasteiger partial charge is 0.303 e. The zero-order valence-electron chi connectivity index (χ0n) is 9.90. The van der Waals surface area contributed by atoms with Gasteiger partial charge in [0.2, 0.25) is 0 Å². The molecule has 0 unspecified atom stereocenters. The van der Waals surface area contributed by atoms with E-state index in [-0.39, 0.29) is 6.54 Å². The Hall–Kier alpha value is -1.59. The first kappa shape index (κ1) is 14.4. The lowest BCUT2D eigenvalue weighted by Crippen LogP contribution is -2.39. The molecule has 0 spiro atoms. The highest BCUT2D eigenvalue weighted by Crippen LogP contribution is 1.93. The molecule has 92 valence electrons. The van der Waals surface area contributed by atoms with E-state index in [1.54, 1.807) is 6.92 Å². The number of hydrogen-bond acceptors (Lipinski definition) is 5. The maximum atomic E-state index is 11.3. The van der Waals surface area contributed by atoms with Crippen LogP contribution >= 0.6 is 0 Å². The molecule has 2 atom stereocenters. The summed E-state index contributed by atoms with van der Waals surface area (Å²) in [6.45, 7) is 5.82. The summed E-state index contributed by atoms with van der Waals surface area (Å²) in [5.74, 6) is -1.35. The van der Waals surface area contributed by atoms with Crippen LogP contribution in [0.15, 0.2) is 0 Å². The third-order valence-corrected chi connectivity index (χ3v) is 1.64. The van der Waals surface area contributed by atoms with Crippen LogP contribution in [0.2, 0.25) is 0 Å². The van der Waals surface area contributed by atoms with E-state index in [0.717, 1.165) is 0 Å². The fourth-order valence-electron chi connectivity index (χ4n) is 1.02. The molecular weight excluding hydrogens is 214 g/mol. The summed E-state index contributed by atoms with van der Waals surface area (Å²) in [6, 6.07) is 0. The lowest BCUT2D eigenvalue weighted by atomic mass is 10.3. The van der Waals surface area contributed by atoms with Gasteiger partial charge in [-0.15, -0.1) is 0 Å². The van der Waals surface area contributed by atoms with Gasteiger partial charge in [-0.2, -0.15) is 0 Å². The topological polar surface area (TPSA) is 81.7 Å². The van der Waals surface area contributed by atoms with Gasteiger partial charge in [0.1, 0.15) is 6.10 Å². The predicted molar refractivity (Wildman–Crippen MR) is 55.5 cm³/mol. The number of carbonyl (C=O) groups excluding carboxylic acids is 3. The van der Waals surface area contributed by atoms with E-state index in [0.29, 0.717) is 0 Å². The molecule has 0 radical (unpaired) electrons. The summed E-state index contributed by atoms with van der Waals surface area (Å²) in [5.41, 5.74) is 0. The Bertz CT molecular complexity index is 276. The Morgan fingerprint density at radius 2 is 1.56 bits per heavy atom. The van der Waals surface area contributed by atoms with E-state index in [1.807, 2.05) is 0 Å². The normalized spacial score (nSPS) is 13.5. The van der Waals surface area contributed by atoms with E-state index in [1.165, 1.54) is 20.8 Å². The van der Waals surface area contributed by atoms with Gasteiger partial charge in [-0.1, -0.05) is 0 Å². The third-order valence-electron chi connectivity index (χ3n) is 1.64. The molecule has 0 aromatic rings. The molecule has 0 saturated carbocycles. The monoisotopic (exact) mass is 231 g/mol. The van der Waals surface area contributed by atoms with Crippen molar-refractivity contribution >= 4 is 17.8 Å². The fourth-order valence-corrected chi connectivity index (χ4v) is 1.02. The second-order valence-electron chi connectivity index (χ2n) is 3.42. The predicted octanol–water partition coefficient (Wildman–Crippen LogP) is 0.00580. The van der Waals surface area contributed by atoms with Crippen molar-refractivity contribution in [3.05, 3.63) is 0 Å². The average molecular weight is 231 g/mol. The highest BCUT2D eigenvalue weighted by molar-refractivity contribution is 5.82. The van der Waals surface area contributed by atoms with Crippen molar-refractivity contribution < 1.29 is 23.9 Å². The summed E-state index contributed by atoms with van der Waals surface area (Å²) in [7, 11) is 0. The van der Waals surface area contributed by atoms with E-state index >= 15 is 0 Å². The summed E-state index contributed by atoms with van der Waals surface area (Å²) >= 11 is 0. The van der Waals surface area contributed by atoms with Crippen LogP contribution in [-0.4, -0.2) is 36.6 Å². The van der Waals surface area contributed by atoms with Crippen LogP contribution in [0.4, 0.5) is 0 Å². The second-order valence-corrected chi connectivity index (χ2v) is 3.42. The first-order valence-corrected chi connectivity index (χ1v) is 4.95. The Morgan fingerprint density at radius 3 is 2.00 bits per heavy atom. The SMILES string of the molecule is CC(=O)O[C@@H](C)C(=O)NC[C@H](C)OC(C)=O. The van der Waals surface area contributed by atoms with Gasteiger partial charge >= 0.3 is 11.9 Å². The van der Waals surface area contributed by atoms with Crippen molar-refractivity contribution in [2.24, 2.45) is 0 Å². The molecule has 0 saturated heterocycles. The van der Waals surface area contributed by atoms with Crippen LogP contribution < -0.4 is 5.32 Å². The largest absolute Gasteiger partial charge is 0.461 e. The standard InChI is InChI=1S/C10H17NO5/c1-6(15-8(3)12)5-11-10(14)7(2)16-9(4)13/h6-7H,5H2,1-4H3,(H,11,14)/t6-,7-/m0/s1. The molecule has 1 N–H and O–H groups in total. The van der Waals surface area contributed by atoms with Gasteiger partial charge in [0, 0.05) is 13.8 Å². The molecule has 0 aromatic heterocycles. The Morgan fingerprint density at radius 1 is 1.06 bits per heavy atom. The molecular formula is C10H17NO5. The van der Waals surface area contributed by atoms with Crippen molar-refractivity contribution in [1.82, 2.24) is 5.32 Å². The molecule has 0 heterocycles. The van der Waals surface area contributed by atoms with Crippen LogP contribution in [0.5, 0.6) is 0 Å². The van der Waals surface area contributed by atoms with Gasteiger partial charge in [0.25, 0.3) is 5.91 Å².